The number of hydrogen-bond donors (Lipinski definition) is 2. The molecule has 12 nitrogen and oxygen atoms in total. The average Bonchev–Trinajstić information content (AvgIpc) is 2.90. The maximum atomic E-state index is 11.6. The molecule has 3 aromatic rings. The minimum absolute atomic E-state index is 0.00681. The summed E-state index contributed by atoms with van der Waals surface area (Å²) >= 11 is 0. The third-order valence-corrected chi connectivity index (χ3v) is 4.99. The monoisotopic (exact) mass is 518 g/mol. The van der Waals surface area contributed by atoms with Gasteiger partial charge in [-0.2, -0.15) is 0 Å². The zero-order chi connectivity index (χ0) is 27.7. The number of oxime groups is 2. The summed E-state index contributed by atoms with van der Waals surface area (Å²) in [4.78, 5) is 44.8. The van der Waals surface area contributed by atoms with Crippen molar-refractivity contribution in [3.63, 3.8) is 0 Å². The van der Waals surface area contributed by atoms with Gasteiger partial charge in [-0.15, -0.1) is 0 Å². The van der Waals surface area contributed by atoms with Crippen molar-refractivity contribution in [2.24, 2.45) is 21.8 Å². The van der Waals surface area contributed by atoms with Gasteiger partial charge in [0, 0.05) is 23.5 Å². The van der Waals surface area contributed by atoms with E-state index in [-0.39, 0.29) is 24.8 Å². The van der Waals surface area contributed by atoms with E-state index in [1.54, 1.807) is 62.5 Å². The largest absolute Gasteiger partial charge is 0.379 e. The Labute approximate surface area is 220 Å². The fourth-order valence-corrected chi connectivity index (χ4v) is 3.16. The van der Waals surface area contributed by atoms with Crippen LogP contribution in [-0.4, -0.2) is 84.7 Å². The van der Waals surface area contributed by atoms with Gasteiger partial charge in [0.1, 0.15) is 11.4 Å². The Morgan fingerprint density at radius 3 is 1.29 bits per heavy atom. The van der Waals surface area contributed by atoms with E-state index < -0.39 is 11.9 Å². The topological polar surface area (TPSA) is 162 Å². The normalized spacial score (nSPS) is 12.1. The maximum absolute atomic E-state index is 11.6. The lowest BCUT2D eigenvalue weighted by Crippen LogP contribution is -2.24. The van der Waals surface area contributed by atoms with Crippen molar-refractivity contribution in [2.75, 3.05) is 41.3 Å². The molecule has 0 fully saturated rings. The Bertz CT molecular complexity index is 1200. The molecule has 0 atom stereocenters. The minimum Gasteiger partial charge on any atom is -0.379 e. The SMILES string of the molecule is CN(C)CC(=O)O/N=C(\N)c1ccc(-c2ccc(-c3ccc(/C(N)=N/OC(=O)CN(C)C)nc3)cc2)cn1. The molecule has 0 saturated heterocycles. The van der Waals surface area contributed by atoms with Crippen LogP contribution in [0.5, 0.6) is 0 Å². The number of nitrogens with two attached hydrogens (primary N) is 2. The summed E-state index contributed by atoms with van der Waals surface area (Å²) in [6, 6.07) is 14.9. The number of likely N-dealkylation sites (N-methyl/N-ethyl adjacent to an activating group) is 2. The van der Waals surface area contributed by atoms with Crippen molar-refractivity contribution in [1.82, 2.24) is 19.8 Å². The van der Waals surface area contributed by atoms with Gasteiger partial charge in [-0.25, -0.2) is 9.59 Å². The first-order valence-corrected chi connectivity index (χ1v) is 11.5. The van der Waals surface area contributed by atoms with E-state index in [9.17, 15) is 9.59 Å². The number of rotatable bonds is 10. The molecule has 0 bridgehead atoms. The number of aromatic nitrogens is 2. The molecule has 0 aliphatic rings. The molecule has 1 aromatic carbocycles. The molecule has 3 rings (SSSR count). The van der Waals surface area contributed by atoms with Crippen molar-refractivity contribution < 1.29 is 19.3 Å². The third kappa shape index (κ3) is 8.18. The summed E-state index contributed by atoms with van der Waals surface area (Å²) < 4.78 is 0. The number of hydrogen-bond acceptors (Lipinski definition) is 10. The lowest BCUT2D eigenvalue weighted by Gasteiger charge is -2.07. The first-order valence-electron chi connectivity index (χ1n) is 11.5. The lowest BCUT2D eigenvalue weighted by molar-refractivity contribution is -0.145. The lowest BCUT2D eigenvalue weighted by atomic mass is 10.0. The fourth-order valence-electron chi connectivity index (χ4n) is 3.16. The highest BCUT2D eigenvalue weighted by Gasteiger charge is 2.09. The third-order valence-electron chi connectivity index (χ3n) is 4.99. The van der Waals surface area contributed by atoms with E-state index >= 15 is 0 Å². The molecule has 198 valence electrons. The van der Waals surface area contributed by atoms with Gasteiger partial charge >= 0.3 is 11.9 Å². The van der Waals surface area contributed by atoms with Crippen molar-refractivity contribution in [3.05, 3.63) is 72.3 Å². The molecular weight excluding hydrogens is 488 g/mol. The molecule has 0 radical (unpaired) electrons. The standard InChI is InChI=1S/C26H30N8O4/c1-33(2)15-23(35)37-31-25(27)21-11-9-19(13-29-21)17-5-7-18(8-6-17)20-10-12-22(30-14-20)26(28)32-38-24(36)16-34(3)4/h5-14H,15-16H2,1-4H3,(H2,27,31)(H2,28,32). The van der Waals surface area contributed by atoms with Crippen molar-refractivity contribution in [3.8, 4) is 22.3 Å². The predicted octanol–water partition coefficient (Wildman–Crippen LogP) is 1.26. The van der Waals surface area contributed by atoms with Crippen LogP contribution in [0.2, 0.25) is 0 Å². The zero-order valence-corrected chi connectivity index (χ0v) is 21.7. The first-order chi connectivity index (χ1) is 18.1. The predicted molar refractivity (Wildman–Crippen MR) is 144 cm³/mol. The molecule has 0 aliphatic carbocycles. The van der Waals surface area contributed by atoms with Crippen LogP contribution in [0.25, 0.3) is 22.3 Å². The number of carbonyl (C=O) groups excluding carboxylic acids is 2. The molecule has 0 saturated carbocycles. The first kappa shape index (κ1) is 27.9. The van der Waals surface area contributed by atoms with Crippen LogP contribution in [-0.2, 0) is 19.3 Å². The van der Waals surface area contributed by atoms with Crippen LogP contribution in [0.1, 0.15) is 11.4 Å². The zero-order valence-electron chi connectivity index (χ0n) is 21.7. The van der Waals surface area contributed by atoms with Gasteiger partial charge in [-0.3, -0.25) is 19.8 Å². The van der Waals surface area contributed by atoms with Crippen LogP contribution >= 0.6 is 0 Å². The van der Waals surface area contributed by atoms with Crippen molar-refractivity contribution in [2.45, 2.75) is 0 Å². The number of pyridine rings is 2. The molecule has 0 aliphatic heterocycles. The van der Waals surface area contributed by atoms with Gasteiger partial charge < -0.3 is 21.1 Å². The Hall–Kier alpha value is -4.68. The van der Waals surface area contributed by atoms with Gasteiger partial charge in [0.2, 0.25) is 0 Å². The molecule has 0 spiro atoms. The van der Waals surface area contributed by atoms with Crippen LogP contribution in [0, 0.1) is 0 Å². The van der Waals surface area contributed by atoms with Crippen LogP contribution in [0.3, 0.4) is 0 Å². The summed E-state index contributed by atoms with van der Waals surface area (Å²) in [5.74, 6) is -1.02. The van der Waals surface area contributed by atoms with E-state index in [2.05, 4.69) is 20.3 Å². The highest BCUT2D eigenvalue weighted by Crippen LogP contribution is 2.24. The van der Waals surface area contributed by atoms with E-state index in [0.29, 0.717) is 11.4 Å². The Morgan fingerprint density at radius 2 is 1.00 bits per heavy atom. The van der Waals surface area contributed by atoms with Gasteiger partial charge in [-0.05, 0) is 51.5 Å². The van der Waals surface area contributed by atoms with Gasteiger partial charge in [0.05, 0.1) is 13.1 Å². The van der Waals surface area contributed by atoms with E-state index in [0.717, 1.165) is 22.3 Å². The summed E-state index contributed by atoms with van der Waals surface area (Å²) in [6.07, 6.45) is 3.33. The van der Waals surface area contributed by atoms with Crippen molar-refractivity contribution in [1.29, 1.82) is 0 Å². The van der Waals surface area contributed by atoms with E-state index in [1.807, 2.05) is 36.4 Å². The van der Waals surface area contributed by atoms with Gasteiger partial charge in [0.15, 0.2) is 11.7 Å². The number of nitrogens with zero attached hydrogens (tertiary/aromatic N) is 6. The molecule has 0 unspecified atom stereocenters. The number of carbonyl (C=O) groups is 2. The van der Waals surface area contributed by atoms with Crippen LogP contribution in [0.4, 0.5) is 0 Å². The summed E-state index contributed by atoms with van der Waals surface area (Å²) in [5, 5.41) is 7.30. The van der Waals surface area contributed by atoms with E-state index in [1.165, 1.54) is 0 Å². The fraction of sp³-hybridized carbons (Fsp3) is 0.231. The molecular formula is C26H30N8O4. The second-order valence-electron chi connectivity index (χ2n) is 8.80. The Morgan fingerprint density at radius 1 is 0.658 bits per heavy atom. The van der Waals surface area contributed by atoms with Crippen LogP contribution < -0.4 is 11.5 Å². The van der Waals surface area contributed by atoms with Gasteiger partial charge in [-0.1, -0.05) is 46.7 Å². The second kappa shape index (κ2) is 13.0. The smallest absolute Gasteiger partial charge is 0.348 e. The van der Waals surface area contributed by atoms with Crippen LogP contribution in [0.15, 0.2) is 71.2 Å². The number of amidine groups is 2. The highest BCUT2D eigenvalue weighted by atomic mass is 16.7. The maximum Gasteiger partial charge on any atom is 0.348 e. The summed E-state index contributed by atoms with van der Waals surface area (Å²) in [5.41, 5.74) is 16.2. The van der Waals surface area contributed by atoms with Gasteiger partial charge in [0.25, 0.3) is 0 Å². The van der Waals surface area contributed by atoms with E-state index in [4.69, 9.17) is 21.1 Å². The molecule has 12 heteroatoms. The molecule has 0 amide bonds. The minimum atomic E-state index is -0.516. The second-order valence-corrected chi connectivity index (χ2v) is 8.80. The average molecular weight is 519 g/mol. The molecule has 4 N–H and O–H groups in total. The van der Waals surface area contributed by atoms with Crippen molar-refractivity contribution >= 4 is 23.6 Å². The molecule has 2 heterocycles. The highest BCUT2D eigenvalue weighted by molar-refractivity contribution is 5.96. The summed E-state index contributed by atoms with van der Waals surface area (Å²) in [7, 11) is 6.99. The quantitative estimate of drug-likeness (QED) is 0.173. The molecule has 2 aromatic heterocycles. The Balaban J connectivity index is 1.63. The summed E-state index contributed by atoms with van der Waals surface area (Å²) in [6.45, 7) is 0.187. The Kier molecular flexibility index (Phi) is 9.57. The molecule has 38 heavy (non-hydrogen) atoms. The number of benzene rings is 1.